The van der Waals surface area contributed by atoms with Gasteiger partial charge in [0.15, 0.2) is 0 Å². The van der Waals surface area contributed by atoms with Gasteiger partial charge in [0, 0.05) is 12.3 Å². The molecule has 3 nitrogen and oxygen atoms in total. The highest BCUT2D eigenvalue weighted by Gasteiger charge is 2.00. The third-order valence-electron chi connectivity index (χ3n) is 2.31. The Kier molecular flexibility index (Phi) is 2.97. The van der Waals surface area contributed by atoms with Crippen molar-refractivity contribution in [2.75, 3.05) is 5.73 Å². The van der Waals surface area contributed by atoms with Gasteiger partial charge in [-0.3, -0.25) is 4.79 Å². The molecule has 2 N–H and O–H groups in total. The van der Waals surface area contributed by atoms with E-state index in [1.165, 1.54) is 6.07 Å². The Labute approximate surface area is 98.1 Å². The van der Waals surface area contributed by atoms with Crippen molar-refractivity contribution in [1.29, 1.82) is 0 Å². The fourth-order valence-electron chi connectivity index (χ4n) is 1.48. The third kappa shape index (κ3) is 2.25. The lowest BCUT2D eigenvalue weighted by Crippen LogP contribution is -2.18. The minimum absolute atomic E-state index is 0.0315. The molecule has 0 aliphatic carbocycles. The summed E-state index contributed by atoms with van der Waals surface area (Å²) in [5, 5.41) is 0.532. The molecule has 0 spiro atoms. The number of halogens is 1. The molecule has 0 radical (unpaired) electrons. The molecule has 0 fully saturated rings. The van der Waals surface area contributed by atoms with Crippen LogP contribution in [0.2, 0.25) is 5.02 Å². The van der Waals surface area contributed by atoms with E-state index >= 15 is 0 Å². The quantitative estimate of drug-likeness (QED) is 0.810. The van der Waals surface area contributed by atoms with Crippen molar-refractivity contribution < 1.29 is 0 Å². The van der Waals surface area contributed by atoms with Gasteiger partial charge in [-0.05, 0) is 23.8 Å². The van der Waals surface area contributed by atoms with Crippen molar-refractivity contribution >= 4 is 17.3 Å². The molecule has 1 heterocycles. The fourth-order valence-corrected chi connectivity index (χ4v) is 1.60. The maximum absolute atomic E-state index is 11.5. The Morgan fingerprint density at radius 3 is 2.75 bits per heavy atom. The van der Waals surface area contributed by atoms with Gasteiger partial charge < -0.3 is 10.3 Å². The molecule has 0 saturated carbocycles. The maximum Gasteiger partial charge on any atom is 0.250 e. The number of benzene rings is 1. The van der Waals surface area contributed by atoms with Crippen molar-refractivity contribution in [3.8, 4) is 0 Å². The van der Waals surface area contributed by atoms with Crippen LogP contribution in [-0.4, -0.2) is 4.57 Å². The summed E-state index contributed by atoms with van der Waals surface area (Å²) in [7, 11) is 0. The number of nitrogens with zero attached hydrogens (tertiary/aromatic N) is 1. The van der Waals surface area contributed by atoms with Crippen LogP contribution < -0.4 is 11.3 Å². The molecule has 2 rings (SSSR count). The average molecular weight is 235 g/mol. The van der Waals surface area contributed by atoms with Crippen LogP contribution in [0.15, 0.2) is 47.4 Å². The highest BCUT2D eigenvalue weighted by atomic mass is 35.5. The van der Waals surface area contributed by atoms with Gasteiger partial charge >= 0.3 is 0 Å². The minimum atomic E-state index is -0.0315. The first-order valence-corrected chi connectivity index (χ1v) is 5.24. The van der Waals surface area contributed by atoms with Crippen LogP contribution in [0.25, 0.3) is 0 Å². The van der Waals surface area contributed by atoms with Gasteiger partial charge in [0.05, 0.1) is 17.3 Å². The van der Waals surface area contributed by atoms with Gasteiger partial charge in [-0.1, -0.05) is 23.7 Å². The van der Waals surface area contributed by atoms with E-state index in [1.807, 2.05) is 12.1 Å². The third-order valence-corrected chi connectivity index (χ3v) is 2.66. The summed E-state index contributed by atoms with van der Waals surface area (Å²) in [6, 6.07) is 10.4. The van der Waals surface area contributed by atoms with Gasteiger partial charge in [0.1, 0.15) is 0 Å². The number of rotatable bonds is 2. The lowest BCUT2D eigenvalue weighted by atomic mass is 10.2. The first-order chi connectivity index (χ1) is 7.66. The smallest absolute Gasteiger partial charge is 0.250 e. The van der Waals surface area contributed by atoms with Crippen molar-refractivity contribution in [3.05, 3.63) is 63.5 Å². The number of aromatic nitrogens is 1. The average Bonchev–Trinajstić information content (AvgIpc) is 2.27. The van der Waals surface area contributed by atoms with Crippen LogP contribution in [0.1, 0.15) is 5.56 Å². The number of nitrogens with two attached hydrogens (primary N) is 1. The molecular weight excluding hydrogens is 224 g/mol. The zero-order chi connectivity index (χ0) is 11.5. The Balaban J connectivity index is 2.31. The van der Waals surface area contributed by atoms with E-state index in [4.69, 9.17) is 17.3 Å². The molecule has 0 unspecified atom stereocenters. The summed E-state index contributed by atoms with van der Waals surface area (Å²) < 4.78 is 1.61. The van der Waals surface area contributed by atoms with E-state index in [-0.39, 0.29) is 5.56 Å². The second-order valence-electron chi connectivity index (χ2n) is 3.52. The molecule has 0 saturated heterocycles. The maximum atomic E-state index is 11.5. The summed E-state index contributed by atoms with van der Waals surface area (Å²) in [5.74, 6) is 0. The molecule has 1 aromatic carbocycles. The van der Waals surface area contributed by atoms with Gasteiger partial charge in [-0.2, -0.15) is 0 Å². The van der Waals surface area contributed by atoms with Gasteiger partial charge in [0.25, 0.3) is 5.56 Å². The lowest BCUT2D eigenvalue weighted by molar-refractivity contribution is 0.760. The zero-order valence-electron chi connectivity index (χ0n) is 8.56. The van der Waals surface area contributed by atoms with E-state index in [9.17, 15) is 4.79 Å². The Hall–Kier alpha value is -1.74. The highest BCUT2D eigenvalue weighted by molar-refractivity contribution is 6.33. The van der Waals surface area contributed by atoms with Crippen LogP contribution in [0, 0.1) is 0 Å². The molecule has 0 atom stereocenters. The van der Waals surface area contributed by atoms with E-state index in [2.05, 4.69) is 0 Å². The summed E-state index contributed by atoms with van der Waals surface area (Å²) in [5.41, 5.74) is 7.15. The normalized spacial score (nSPS) is 10.3. The van der Waals surface area contributed by atoms with E-state index in [0.29, 0.717) is 17.3 Å². The predicted molar refractivity (Wildman–Crippen MR) is 65.7 cm³/mol. The Morgan fingerprint density at radius 2 is 2.06 bits per heavy atom. The largest absolute Gasteiger partial charge is 0.398 e. The van der Waals surface area contributed by atoms with Crippen LogP contribution in [0.4, 0.5) is 5.69 Å². The molecule has 0 bridgehead atoms. The SMILES string of the molecule is Nc1cc(Cn2ccccc2=O)ccc1Cl. The first-order valence-electron chi connectivity index (χ1n) is 4.86. The Morgan fingerprint density at radius 1 is 1.25 bits per heavy atom. The molecular formula is C12H11ClN2O. The van der Waals surface area contributed by atoms with Crippen LogP contribution >= 0.6 is 11.6 Å². The number of anilines is 1. The van der Waals surface area contributed by atoms with Crippen LogP contribution in [0.3, 0.4) is 0 Å². The van der Waals surface area contributed by atoms with Crippen molar-refractivity contribution in [3.63, 3.8) is 0 Å². The highest BCUT2D eigenvalue weighted by Crippen LogP contribution is 2.19. The lowest BCUT2D eigenvalue weighted by Gasteiger charge is -2.06. The Bertz CT molecular complexity index is 563. The summed E-state index contributed by atoms with van der Waals surface area (Å²) in [6.07, 6.45) is 1.74. The van der Waals surface area contributed by atoms with Crippen LogP contribution in [0.5, 0.6) is 0 Å². The monoisotopic (exact) mass is 234 g/mol. The van der Waals surface area contributed by atoms with Gasteiger partial charge in [-0.25, -0.2) is 0 Å². The number of nitrogen functional groups attached to an aromatic ring is 1. The summed E-state index contributed by atoms with van der Waals surface area (Å²) in [4.78, 5) is 11.5. The molecule has 4 heteroatoms. The van der Waals surface area contributed by atoms with E-state index in [1.54, 1.807) is 29.0 Å². The minimum Gasteiger partial charge on any atom is -0.398 e. The molecule has 1 aromatic heterocycles. The van der Waals surface area contributed by atoms with E-state index in [0.717, 1.165) is 5.56 Å². The molecule has 82 valence electrons. The first kappa shape index (κ1) is 10.8. The molecule has 0 aliphatic heterocycles. The molecule has 2 aromatic rings. The number of hydrogen-bond acceptors (Lipinski definition) is 2. The van der Waals surface area contributed by atoms with Crippen molar-refractivity contribution in [1.82, 2.24) is 4.57 Å². The zero-order valence-corrected chi connectivity index (χ0v) is 9.32. The predicted octanol–water partition coefficient (Wildman–Crippen LogP) is 2.13. The topological polar surface area (TPSA) is 48.0 Å². The second-order valence-corrected chi connectivity index (χ2v) is 3.93. The molecule has 0 aliphatic rings. The summed E-state index contributed by atoms with van der Waals surface area (Å²) >= 11 is 5.82. The molecule has 16 heavy (non-hydrogen) atoms. The van der Waals surface area contributed by atoms with Crippen molar-refractivity contribution in [2.24, 2.45) is 0 Å². The van der Waals surface area contributed by atoms with Gasteiger partial charge in [-0.15, -0.1) is 0 Å². The molecule has 0 amide bonds. The van der Waals surface area contributed by atoms with E-state index < -0.39 is 0 Å². The van der Waals surface area contributed by atoms with Crippen molar-refractivity contribution in [2.45, 2.75) is 6.54 Å². The summed E-state index contributed by atoms with van der Waals surface area (Å²) in [6.45, 7) is 0.501. The number of hydrogen-bond donors (Lipinski definition) is 1. The van der Waals surface area contributed by atoms with Crippen LogP contribution in [-0.2, 0) is 6.54 Å². The van der Waals surface area contributed by atoms with Gasteiger partial charge in [0.2, 0.25) is 0 Å². The standard InChI is InChI=1S/C12H11ClN2O/c13-10-5-4-9(7-11(10)14)8-15-6-2-1-3-12(15)16/h1-7H,8,14H2. The number of pyridine rings is 1. The second kappa shape index (κ2) is 4.41. The fraction of sp³-hybridized carbons (Fsp3) is 0.0833.